The van der Waals surface area contributed by atoms with Gasteiger partial charge in [-0.3, -0.25) is 0 Å². The molecule has 1 aromatic carbocycles. The maximum Gasteiger partial charge on any atom is 0.337 e. The predicted octanol–water partition coefficient (Wildman–Crippen LogP) is 3.06. The third-order valence-electron chi connectivity index (χ3n) is 2.08. The van der Waals surface area contributed by atoms with E-state index < -0.39 is 0 Å². The molecule has 0 heterocycles. The molecule has 1 aromatic rings. The van der Waals surface area contributed by atoms with Gasteiger partial charge < -0.3 is 4.74 Å². The van der Waals surface area contributed by atoms with E-state index in [2.05, 4.69) is 25.5 Å². The zero-order valence-corrected chi connectivity index (χ0v) is 9.83. The van der Waals surface area contributed by atoms with Crippen LogP contribution in [0.3, 0.4) is 0 Å². The van der Waals surface area contributed by atoms with Crippen LogP contribution >= 0.6 is 0 Å². The highest BCUT2D eigenvalue weighted by molar-refractivity contribution is 5.89. The van der Waals surface area contributed by atoms with Gasteiger partial charge in [0.1, 0.15) is 0 Å². The lowest BCUT2D eigenvalue weighted by Gasteiger charge is -2.18. The van der Waals surface area contributed by atoms with Gasteiger partial charge in [0.2, 0.25) is 0 Å². The molecule has 1 rings (SSSR count). The molecule has 2 nitrogen and oxygen atoms in total. The van der Waals surface area contributed by atoms with Gasteiger partial charge in [0, 0.05) is 0 Å². The SMILES string of the molecule is COC(=O)c1cccc(CC(C)(C)C)c1. The number of rotatable bonds is 2. The number of methoxy groups -OCH3 is 1. The summed E-state index contributed by atoms with van der Waals surface area (Å²) < 4.78 is 4.68. The van der Waals surface area contributed by atoms with Crippen molar-refractivity contribution in [2.75, 3.05) is 7.11 Å². The van der Waals surface area contributed by atoms with Crippen molar-refractivity contribution in [3.05, 3.63) is 35.4 Å². The summed E-state index contributed by atoms with van der Waals surface area (Å²) in [7, 11) is 1.40. The first-order valence-electron chi connectivity index (χ1n) is 5.09. The minimum absolute atomic E-state index is 0.231. The van der Waals surface area contributed by atoms with Crippen molar-refractivity contribution in [1.82, 2.24) is 0 Å². The summed E-state index contributed by atoms with van der Waals surface area (Å²) in [6.07, 6.45) is 0.956. The second-order valence-electron chi connectivity index (χ2n) is 4.93. The van der Waals surface area contributed by atoms with Gasteiger partial charge in [0.05, 0.1) is 12.7 Å². The van der Waals surface area contributed by atoms with Crippen molar-refractivity contribution in [3.63, 3.8) is 0 Å². The summed E-state index contributed by atoms with van der Waals surface area (Å²) in [4.78, 5) is 11.3. The quantitative estimate of drug-likeness (QED) is 0.695. The van der Waals surface area contributed by atoms with Crippen molar-refractivity contribution in [1.29, 1.82) is 0 Å². The van der Waals surface area contributed by atoms with E-state index in [1.165, 1.54) is 12.7 Å². The van der Waals surface area contributed by atoms with Crippen molar-refractivity contribution < 1.29 is 9.53 Å². The first-order valence-corrected chi connectivity index (χ1v) is 5.09. The highest BCUT2D eigenvalue weighted by Crippen LogP contribution is 2.21. The lowest BCUT2D eigenvalue weighted by Crippen LogP contribution is -2.10. The molecule has 0 radical (unpaired) electrons. The van der Waals surface area contributed by atoms with Crippen LogP contribution in [0.1, 0.15) is 36.7 Å². The maximum absolute atomic E-state index is 11.3. The van der Waals surface area contributed by atoms with Crippen LogP contribution in [-0.2, 0) is 11.2 Å². The molecular formula is C13H18O2. The monoisotopic (exact) mass is 206 g/mol. The molecule has 0 atom stereocenters. The molecule has 0 amide bonds. The lowest BCUT2D eigenvalue weighted by molar-refractivity contribution is 0.0600. The van der Waals surface area contributed by atoms with Crippen molar-refractivity contribution in [3.8, 4) is 0 Å². The Hall–Kier alpha value is -1.31. The molecule has 0 saturated carbocycles. The standard InChI is InChI=1S/C13H18O2/c1-13(2,3)9-10-6-5-7-11(8-10)12(14)15-4/h5-8H,9H2,1-4H3. The van der Waals surface area contributed by atoms with Crippen molar-refractivity contribution in [2.24, 2.45) is 5.41 Å². The number of carbonyl (C=O) groups is 1. The Morgan fingerprint density at radius 3 is 2.53 bits per heavy atom. The molecule has 0 aliphatic carbocycles. The zero-order chi connectivity index (χ0) is 11.5. The van der Waals surface area contributed by atoms with E-state index in [1.807, 2.05) is 18.2 Å². The van der Waals surface area contributed by atoms with Gasteiger partial charge in [-0.1, -0.05) is 32.9 Å². The topological polar surface area (TPSA) is 26.3 Å². The van der Waals surface area contributed by atoms with Gasteiger partial charge >= 0.3 is 5.97 Å². The van der Waals surface area contributed by atoms with Crippen LogP contribution in [0, 0.1) is 5.41 Å². The van der Waals surface area contributed by atoms with E-state index in [-0.39, 0.29) is 11.4 Å². The minimum atomic E-state index is -0.272. The fourth-order valence-electron chi connectivity index (χ4n) is 1.54. The smallest absolute Gasteiger partial charge is 0.337 e. The third kappa shape index (κ3) is 3.74. The average molecular weight is 206 g/mol. The zero-order valence-electron chi connectivity index (χ0n) is 9.83. The van der Waals surface area contributed by atoms with Crippen LogP contribution in [0.25, 0.3) is 0 Å². The van der Waals surface area contributed by atoms with Crippen LogP contribution < -0.4 is 0 Å². The Kier molecular flexibility index (Phi) is 3.51. The van der Waals surface area contributed by atoms with Crippen molar-refractivity contribution >= 4 is 5.97 Å². The van der Waals surface area contributed by atoms with E-state index >= 15 is 0 Å². The molecule has 0 aliphatic heterocycles. The number of esters is 1. The van der Waals surface area contributed by atoms with Gasteiger partial charge in [-0.15, -0.1) is 0 Å². The largest absolute Gasteiger partial charge is 0.465 e. The second-order valence-corrected chi connectivity index (χ2v) is 4.93. The van der Waals surface area contributed by atoms with Crippen LogP contribution in [0.2, 0.25) is 0 Å². The lowest BCUT2D eigenvalue weighted by atomic mass is 9.88. The van der Waals surface area contributed by atoms with E-state index in [1.54, 1.807) is 6.07 Å². The van der Waals surface area contributed by atoms with Gasteiger partial charge in [0.25, 0.3) is 0 Å². The van der Waals surface area contributed by atoms with Crippen molar-refractivity contribution in [2.45, 2.75) is 27.2 Å². The fraction of sp³-hybridized carbons (Fsp3) is 0.462. The van der Waals surface area contributed by atoms with Gasteiger partial charge in [-0.25, -0.2) is 4.79 Å². The van der Waals surface area contributed by atoms with Gasteiger partial charge in [-0.2, -0.15) is 0 Å². The summed E-state index contributed by atoms with van der Waals surface area (Å²) >= 11 is 0. The Morgan fingerprint density at radius 1 is 1.33 bits per heavy atom. The molecule has 0 saturated heterocycles. The van der Waals surface area contributed by atoms with Crippen LogP contribution in [0.4, 0.5) is 0 Å². The Balaban J connectivity index is 2.88. The maximum atomic E-state index is 11.3. The predicted molar refractivity (Wildman–Crippen MR) is 60.9 cm³/mol. The van der Waals surface area contributed by atoms with E-state index in [9.17, 15) is 4.79 Å². The molecule has 0 unspecified atom stereocenters. The molecule has 82 valence electrons. The van der Waals surface area contributed by atoms with Gasteiger partial charge in [-0.05, 0) is 29.5 Å². The molecule has 0 bridgehead atoms. The van der Waals surface area contributed by atoms with Crippen LogP contribution in [0.15, 0.2) is 24.3 Å². The third-order valence-corrected chi connectivity index (χ3v) is 2.08. The normalized spacial score (nSPS) is 11.2. The summed E-state index contributed by atoms with van der Waals surface area (Å²) in [6.45, 7) is 6.54. The highest BCUT2D eigenvalue weighted by Gasteiger charge is 2.12. The molecule has 0 aliphatic rings. The molecule has 2 heteroatoms. The fourth-order valence-corrected chi connectivity index (χ4v) is 1.54. The van der Waals surface area contributed by atoms with Crippen LogP contribution in [0.5, 0.6) is 0 Å². The summed E-state index contributed by atoms with van der Waals surface area (Å²) in [5.74, 6) is -0.272. The Bertz CT molecular complexity index is 348. The first kappa shape index (κ1) is 11.8. The first-order chi connectivity index (χ1) is 6.92. The number of carbonyl (C=O) groups excluding carboxylic acids is 1. The van der Waals surface area contributed by atoms with E-state index in [0.717, 1.165) is 6.42 Å². The minimum Gasteiger partial charge on any atom is -0.465 e. The molecule has 0 N–H and O–H groups in total. The average Bonchev–Trinajstić information content (AvgIpc) is 2.14. The summed E-state index contributed by atoms with van der Waals surface area (Å²) in [5.41, 5.74) is 2.03. The molecule has 0 spiro atoms. The summed E-state index contributed by atoms with van der Waals surface area (Å²) in [6, 6.07) is 7.61. The highest BCUT2D eigenvalue weighted by atomic mass is 16.5. The van der Waals surface area contributed by atoms with Gasteiger partial charge in [0.15, 0.2) is 0 Å². The summed E-state index contributed by atoms with van der Waals surface area (Å²) in [5, 5.41) is 0. The number of hydrogen-bond donors (Lipinski definition) is 0. The number of ether oxygens (including phenoxy) is 1. The second kappa shape index (κ2) is 4.47. The number of benzene rings is 1. The molecular weight excluding hydrogens is 188 g/mol. The Labute approximate surface area is 91.3 Å². The van der Waals surface area contributed by atoms with E-state index in [4.69, 9.17) is 0 Å². The van der Waals surface area contributed by atoms with E-state index in [0.29, 0.717) is 5.56 Å². The van der Waals surface area contributed by atoms with Crippen LogP contribution in [-0.4, -0.2) is 13.1 Å². The molecule has 15 heavy (non-hydrogen) atoms. The molecule has 0 aromatic heterocycles. The Morgan fingerprint density at radius 2 is 2.00 bits per heavy atom. The molecule has 0 fully saturated rings. The number of hydrogen-bond acceptors (Lipinski definition) is 2.